The van der Waals surface area contributed by atoms with Crippen LogP contribution in [-0.4, -0.2) is 62.3 Å². The molecule has 1 unspecified atom stereocenters. The van der Waals surface area contributed by atoms with Crippen LogP contribution >= 0.6 is 24.0 Å². The van der Waals surface area contributed by atoms with Crippen molar-refractivity contribution in [3.8, 4) is 5.75 Å². The number of nitrogens with one attached hydrogen (secondary N) is 1. The van der Waals surface area contributed by atoms with Crippen molar-refractivity contribution in [1.29, 1.82) is 0 Å². The van der Waals surface area contributed by atoms with E-state index in [-0.39, 0.29) is 30.5 Å². The number of piperazine rings is 1. The smallest absolute Gasteiger partial charge is 0.194 e. The topological polar surface area (TPSA) is 73.5 Å². The zero-order chi connectivity index (χ0) is 19.1. The fraction of sp³-hybridized carbons (Fsp3) is 0.450. The van der Waals surface area contributed by atoms with Crippen molar-refractivity contribution in [3.05, 3.63) is 48.4 Å². The second-order valence-electron chi connectivity index (χ2n) is 6.40. The van der Waals surface area contributed by atoms with E-state index in [4.69, 9.17) is 9.15 Å². The molecule has 1 aromatic heterocycles. The predicted molar refractivity (Wildman–Crippen MR) is 122 cm³/mol. The average Bonchev–Trinajstić information content (AvgIpc) is 3.26. The molecule has 1 saturated heterocycles. The number of aliphatic hydroxyl groups excluding tert-OH is 1. The maximum absolute atomic E-state index is 10.2. The lowest BCUT2D eigenvalue weighted by Gasteiger charge is -2.37. The minimum atomic E-state index is -0.730. The number of methoxy groups -OCH3 is 1. The van der Waals surface area contributed by atoms with Crippen molar-refractivity contribution in [2.45, 2.75) is 13.0 Å². The monoisotopic (exact) mass is 500 g/mol. The minimum Gasteiger partial charge on any atom is -0.497 e. The van der Waals surface area contributed by atoms with Crippen LogP contribution in [0.1, 0.15) is 18.8 Å². The van der Waals surface area contributed by atoms with Gasteiger partial charge >= 0.3 is 0 Å². The number of guanidine groups is 1. The van der Waals surface area contributed by atoms with Gasteiger partial charge in [0.25, 0.3) is 0 Å². The zero-order valence-electron chi connectivity index (χ0n) is 16.4. The first kappa shape index (κ1) is 22.4. The molecule has 2 N–H and O–H groups in total. The minimum absolute atomic E-state index is 0. The summed E-state index contributed by atoms with van der Waals surface area (Å²) in [5, 5.41) is 13.5. The molecule has 0 bridgehead atoms. The van der Waals surface area contributed by atoms with Gasteiger partial charge in [-0.2, -0.15) is 0 Å². The maximum atomic E-state index is 10.2. The Morgan fingerprint density at radius 2 is 2.04 bits per heavy atom. The number of aliphatic hydroxyl groups is 1. The highest BCUT2D eigenvalue weighted by Gasteiger charge is 2.20. The molecular weight excluding hydrogens is 471 g/mol. The summed E-state index contributed by atoms with van der Waals surface area (Å²) in [6.45, 7) is 6.62. The summed E-state index contributed by atoms with van der Waals surface area (Å²) in [4.78, 5) is 9.18. The lowest BCUT2D eigenvalue weighted by Crippen LogP contribution is -2.52. The van der Waals surface area contributed by atoms with Gasteiger partial charge in [0, 0.05) is 44.5 Å². The van der Waals surface area contributed by atoms with Crippen molar-refractivity contribution in [1.82, 2.24) is 10.2 Å². The van der Waals surface area contributed by atoms with E-state index in [1.807, 2.05) is 19.1 Å². The maximum Gasteiger partial charge on any atom is 0.194 e. The van der Waals surface area contributed by atoms with Gasteiger partial charge in [-0.25, -0.2) is 4.99 Å². The summed E-state index contributed by atoms with van der Waals surface area (Å²) in [5.74, 6) is 2.24. The van der Waals surface area contributed by atoms with Crippen LogP contribution in [0.5, 0.6) is 5.75 Å². The fourth-order valence-corrected chi connectivity index (χ4v) is 3.15. The molecule has 2 aromatic rings. The number of anilines is 1. The van der Waals surface area contributed by atoms with Crippen LogP contribution in [-0.2, 0) is 0 Å². The molecule has 2 heterocycles. The van der Waals surface area contributed by atoms with Gasteiger partial charge in [0.05, 0.1) is 19.9 Å². The lowest BCUT2D eigenvalue weighted by molar-refractivity contribution is 0.158. The van der Waals surface area contributed by atoms with Crippen molar-refractivity contribution < 1.29 is 14.3 Å². The quantitative estimate of drug-likeness (QED) is 0.361. The van der Waals surface area contributed by atoms with E-state index in [2.05, 4.69) is 32.2 Å². The molecule has 0 amide bonds. The molecule has 1 aromatic carbocycles. The SMILES string of the molecule is CCNC(=NCC(O)c1ccco1)N1CCN(c2cccc(OC)c2)CC1.I. The molecule has 1 aliphatic heterocycles. The van der Waals surface area contributed by atoms with E-state index in [0.717, 1.165) is 44.4 Å². The number of aliphatic imine (C=N–C) groups is 1. The van der Waals surface area contributed by atoms with Gasteiger partial charge < -0.3 is 29.4 Å². The number of rotatable bonds is 6. The van der Waals surface area contributed by atoms with E-state index >= 15 is 0 Å². The highest BCUT2D eigenvalue weighted by atomic mass is 127. The first-order chi connectivity index (χ1) is 13.2. The highest BCUT2D eigenvalue weighted by Crippen LogP contribution is 2.22. The van der Waals surface area contributed by atoms with Crippen molar-refractivity contribution in [2.24, 2.45) is 4.99 Å². The highest BCUT2D eigenvalue weighted by molar-refractivity contribution is 14.0. The zero-order valence-corrected chi connectivity index (χ0v) is 18.7. The van der Waals surface area contributed by atoms with E-state index in [1.54, 1.807) is 25.5 Å². The van der Waals surface area contributed by atoms with Crippen molar-refractivity contribution in [2.75, 3.05) is 51.3 Å². The van der Waals surface area contributed by atoms with Crippen LogP contribution < -0.4 is 15.0 Å². The van der Waals surface area contributed by atoms with Gasteiger partial charge in [0.15, 0.2) is 5.96 Å². The Balaban J connectivity index is 0.00000280. The molecule has 154 valence electrons. The number of benzene rings is 1. The molecule has 8 heteroatoms. The first-order valence-electron chi connectivity index (χ1n) is 9.35. The van der Waals surface area contributed by atoms with Gasteiger partial charge in [-0.05, 0) is 31.2 Å². The van der Waals surface area contributed by atoms with Gasteiger partial charge in [0.2, 0.25) is 0 Å². The Bertz CT molecular complexity index is 731. The normalized spacial score (nSPS) is 15.8. The van der Waals surface area contributed by atoms with E-state index in [9.17, 15) is 5.11 Å². The predicted octanol–water partition coefficient (Wildman–Crippen LogP) is 2.73. The van der Waals surface area contributed by atoms with Gasteiger partial charge in [-0.3, -0.25) is 0 Å². The molecule has 1 aliphatic rings. The molecule has 28 heavy (non-hydrogen) atoms. The lowest BCUT2D eigenvalue weighted by atomic mass is 10.2. The Labute approximate surface area is 183 Å². The molecule has 1 atom stereocenters. The molecule has 7 nitrogen and oxygen atoms in total. The third-order valence-corrected chi connectivity index (χ3v) is 4.62. The third kappa shape index (κ3) is 5.78. The first-order valence-corrected chi connectivity index (χ1v) is 9.35. The van der Waals surface area contributed by atoms with Crippen LogP contribution in [0.3, 0.4) is 0 Å². The van der Waals surface area contributed by atoms with Crippen LogP contribution in [0, 0.1) is 0 Å². The molecule has 3 rings (SSSR count). The number of hydrogen-bond acceptors (Lipinski definition) is 5. The third-order valence-electron chi connectivity index (χ3n) is 4.62. The summed E-state index contributed by atoms with van der Waals surface area (Å²) >= 11 is 0. The van der Waals surface area contributed by atoms with E-state index in [0.29, 0.717) is 5.76 Å². The van der Waals surface area contributed by atoms with E-state index in [1.165, 1.54) is 5.69 Å². The molecule has 1 fully saturated rings. The molecule has 0 saturated carbocycles. The summed E-state index contributed by atoms with van der Waals surface area (Å²) in [5.41, 5.74) is 1.17. The number of ether oxygens (including phenoxy) is 1. The van der Waals surface area contributed by atoms with Crippen molar-refractivity contribution in [3.63, 3.8) is 0 Å². The number of hydrogen-bond donors (Lipinski definition) is 2. The Morgan fingerprint density at radius 3 is 2.68 bits per heavy atom. The number of halogens is 1. The molecule has 0 aliphatic carbocycles. The summed E-state index contributed by atoms with van der Waals surface area (Å²) in [7, 11) is 1.69. The Morgan fingerprint density at radius 1 is 1.25 bits per heavy atom. The van der Waals surface area contributed by atoms with Crippen LogP contribution in [0.15, 0.2) is 52.1 Å². The second-order valence-corrected chi connectivity index (χ2v) is 6.40. The Hall–Kier alpha value is -1.94. The molecular formula is C20H29IN4O3. The van der Waals surface area contributed by atoms with Gasteiger partial charge in [0.1, 0.15) is 17.6 Å². The summed E-state index contributed by atoms with van der Waals surface area (Å²) in [6, 6.07) is 11.7. The largest absolute Gasteiger partial charge is 0.497 e. The number of furan rings is 1. The van der Waals surface area contributed by atoms with Crippen molar-refractivity contribution >= 4 is 35.6 Å². The molecule has 0 spiro atoms. The fourth-order valence-electron chi connectivity index (χ4n) is 3.15. The summed E-state index contributed by atoms with van der Waals surface area (Å²) in [6.07, 6.45) is 0.831. The van der Waals surface area contributed by atoms with E-state index < -0.39 is 6.10 Å². The average molecular weight is 500 g/mol. The number of nitrogens with zero attached hydrogens (tertiary/aromatic N) is 3. The second kappa shape index (κ2) is 11.2. The van der Waals surface area contributed by atoms with Crippen LogP contribution in [0.2, 0.25) is 0 Å². The van der Waals surface area contributed by atoms with Gasteiger partial charge in [-0.15, -0.1) is 24.0 Å². The molecule has 0 radical (unpaired) electrons. The standard InChI is InChI=1S/C20H28N4O3.HI/c1-3-21-20(22-15-18(25)19-8-5-13-27-19)24-11-9-23(10-12-24)16-6-4-7-17(14-16)26-2;/h4-8,13-14,18,25H,3,9-12,15H2,1-2H3,(H,21,22);1H. The summed E-state index contributed by atoms with van der Waals surface area (Å²) < 4.78 is 10.6. The van der Waals surface area contributed by atoms with Crippen LogP contribution in [0.25, 0.3) is 0 Å². The van der Waals surface area contributed by atoms with Gasteiger partial charge in [-0.1, -0.05) is 6.07 Å². The Kier molecular flexibility index (Phi) is 8.91. The van der Waals surface area contributed by atoms with Crippen LogP contribution in [0.4, 0.5) is 5.69 Å².